The highest BCUT2D eigenvalue weighted by Crippen LogP contribution is 2.44. The third kappa shape index (κ3) is 1.81. The van der Waals surface area contributed by atoms with Crippen molar-refractivity contribution >= 4 is 0 Å². The molecule has 1 aliphatic carbocycles. The first-order valence-corrected chi connectivity index (χ1v) is 5.83. The summed E-state index contributed by atoms with van der Waals surface area (Å²) in [6.07, 6.45) is 6.23. The fourth-order valence-electron chi connectivity index (χ4n) is 2.20. The van der Waals surface area contributed by atoms with Crippen molar-refractivity contribution in [1.82, 2.24) is 4.98 Å². The zero-order valence-corrected chi connectivity index (χ0v) is 9.43. The molecule has 1 saturated carbocycles. The molecule has 82 valence electrons. The van der Waals surface area contributed by atoms with Crippen LogP contribution in [0.15, 0.2) is 42.7 Å². The number of nitriles is 1. The van der Waals surface area contributed by atoms with Crippen molar-refractivity contribution in [2.75, 3.05) is 0 Å². The predicted octanol–water partition coefficient (Wildman–Crippen LogP) is 3.50. The highest BCUT2D eigenvalue weighted by atomic mass is 14.6. The summed E-state index contributed by atoms with van der Waals surface area (Å²) >= 11 is 0. The standard InChI is InChI=1S/C15H12N2/c16-9-12-3-1-2-4-13(12)15-10-17-8-7-14(15)11-5-6-11/h1-4,7-8,10-11H,5-6H2. The number of nitrogens with zero attached hydrogens (tertiary/aromatic N) is 2. The van der Waals surface area contributed by atoms with Crippen LogP contribution in [0.2, 0.25) is 0 Å². The summed E-state index contributed by atoms with van der Waals surface area (Å²) in [7, 11) is 0. The molecule has 0 spiro atoms. The molecule has 2 nitrogen and oxygen atoms in total. The Hall–Kier alpha value is -2.14. The molecule has 1 aromatic heterocycles. The van der Waals surface area contributed by atoms with E-state index in [0.29, 0.717) is 5.92 Å². The molecule has 3 rings (SSSR count). The van der Waals surface area contributed by atoms with Gasteiger partial charge in [0, 0.05) is 23.5 Å². The van der Waals surface area contributed by atoms with Gasteiger partial charge in [0.05, 0.1) is 11.6 Å². The first-order valence-electron chi connectivity index (χ1n) is 5.83. The van der Waals surface area contributed by atoms with E-state index in [1.54, 1.807) is 0 Å². The van der Waals surface area contributed by atoms with Gasteiger partial charge in [0.25, 0.3) is 0 Å². The number of rotatable bonds is 2. The van der Waals surface area contributed by atoms with E-state index in [-0.39, 0.29) is 0 Å². The first-order chi connectivity index (χ1) is 8.40. The van der Waals surface area contributed by atoms with Crippen LogP contribution in [-0.4, -0.2) is 4.98 Å². The summed E-state index contributed by atoms with van der Waals surface area (Å²) in [6, 6.07) is 12.1. The second-order valence-corrected chi connectivity index (χ2v) is 4.39. The maximum atomic E-state index is 9.15. The second-order valence-electron chi connectivity index (χ2n) is 4.39. The summed E-state index contributed by atoms with van der Waals surface area (Å²) < 4.78 is 0. The van der Waals surface area contributed by atoms with Gasteiger partial charge < -0.3 is 0 Å². The van der Waals surface area contributed by atoms with E-state index in [1.165, 1.54) is 18.4 Å². The monoisotopic (exact) mass is 220 g/mol. The number of hydrogen-bond donors (Lipinski definition) is 0. The molecular weight excluding hydrogens is 208 g/mol. The number of benzene rings is 1. The molecule has 17 heavy (non-hydrogen) atoms. The Balaban J connectivity index is 2.18. The average Bonchev–Trinajstić information content (AvgIpc) is 3.23. The van der Waals surface area contributed by atoms with Crippen LogP contribution < -0.4 is 0 Å². The van der Waals surface area contributed by atoms with Crippen LogP contribution in [0.4, 0.5) is 0 Å². The SMILES string of the molecule is N#Cc1ccccc1-c1cnccc1C1CC1. The molecule has 0 amide bonds. The third-order valence-electron chi connectivity index (χ3n) is 3.21. The molecule has 2 heteroatoms. The van der Waals surface area contributed by atoms with Crippen LogP contribution in [0, 0.1) is 11.3 Å². The largest absolute Gasteiger partial charge is 0.264 e. The molecule has 1 heterocycles. The summed E-state index contributed by atoms with van der Waals surface area (Å²) in [5, 5.41) is 9.15. The van der Waals surface area contributed by atoms with Crippen LogP contribution in [-0.2, 0) is 0 Å². The van der Waals surface area contributed by atoms with E-state index in [0.717, 1.165) is 16.7 Å². The molecule has 0 radical (unpaired) electrons. The van der Waals surface area contributed by atoms with Gasteiger partial charge >= 0.3 is 0 Å². The molecule has 2 aromatic rings. The zero-order valence-electron chi connectivity index (χ0n) is 9.43. The van der Waals surface area contributed by atoms with Crippen molar-refractivity contribution in [2.24, 2.45) is 0 Å². The Morgan fingerprint density at radius 1 is 1.12 bits per heavy atom. The van der Waals surface area contributed by atoms with Crippen molar-refractivity contribution in [3.8, 4) is 17.2 Å². The quantitative estimate of drug-likeness (QED) is 0.776. The second kappa shape index (κ2) is 4.03. The minimum atomic E-state index is 0.666. The van der Waals surface area contributed by atoms with Gasteiger partial charge in [0.15, 0.2) is 0 Å². The van der Waals surface area contributed by atoms with Gasteiger partial charge in [-0.2, -0.15) is 5.26 Å². The predicted molar refractivity (Wildman–Crippen MR) is 66.4 cm³/mol. The minimum Gasteiger partial charge on any atom is -0.264 e. The van der Waals surface area contributed by atoms with Gasteiger partial charge in [0.1, 0.15) is 0 Å². The molecule has 0 aliphatic heterocycles. The van der Waals surface area contributed by atoms with Crippen molar-refractivity contribution < 1.29 is 0 Å². The molecule has 0 bridgehead atoms. The number of aromatic nitrogens is 1. The van der Waals surface area contributed by atoms with E-state index in [9.17, 15) is 0 Å². The summed E-state index contributed by atoms with van der Waals surface area (Å²) in [5.41, 5.74) is 4.18. The molecule has 0 unspecified atom stereocenters. The minimum absolute atomic E-state index is 0.666. The van der Waals surface area contributed by atoms with Crippen LogP contribution in [0.1, 0.15) is 29.9 Å². The van der Waals surface area contributed by atoms with Crippen molar-refractivity contribution in [1.29, 1.82) is 5.26 Å². The Labute approximate surface area is 101 Å². The average molecular weight is 220 g/mol. The maximum absolute atomic E-state index is 9.15. The molecule has 1 aromatic carbocycles. The molecule has 1 fully saturated rings. The smallest absolute Gasteiger partial charge is 0.0998 e. The fraction of sp³-hybridized carbons (Fsp3) is 0.200. The highest BCUT2D eigenvalue weighted by Gasteiger charge is 2.26. The number of pyridine rings is 1. The Morgan fingerprint density at radius 2 is 1.94 bits per heavy atom. The zero-order chi connectivity index (χ0) is 11.7. The maximum Gasteiger partial charge on any atom is 0.0998 e. The van der Waals surface area contributed by atoms with E-state index in [4.69, 9.17) is 5.26 Å². The first kappa shape index (κ1) is 10.0. The van der Waals surface area contributed by atoms with Gasteiger partial charge in [-0.05, 0) is 36.5 Å². The van der Waals surface area contributed by atoms with E-state index in [1.807, 2.05) is 36.7 Å². The molecular formula is C15H12N2. The lowest BCUT2D eigenvalue weighted by Gasteiger charge is -2.09. The van der Waals surface area contributed by atoms with Crippen LogP contribution >= 0.6 is 0 Å². The van der Waals surface area contributed by atoms with Crippen LogP contribution in [0.25, 0.3) is 11.1 Å². The Bertz CT molecular complexity index is 592. The molecule has 1 aliphatic rings. The van der Waals surface area contributed by atoms with Crippen molar-refractivity contribution in [3.63, 3.8) is 0 Å². The van der Waals surface area contributed by atoms with Crippen LogP contribution in [0.3, 0.4) is 0 Å². The van der Waals surface area contributed by atoms with Crippen molar-refractivity contribution in [2.45, 2.75) is 18.8 Å². The highest BCUT2D eigenvalue weighted by molar-refractivity contribution is 5.73. The fourth-order valence-corrected chi connectivity index (χ4v) is 2.20. The van der Waals surface area contributed by atoms with Gasteiger partial charge in [0.2, 0.25) is 0 Å². The lowest BCUT2D eigenvalue weighted by atomic mass is 9.95. The van der Waals surface area contributed by atoms with Gasteiger partial charge in [-0.1, -0.05) is 18.2 Å². The van der Waals surface area contributed by atoms with E-state index >= 15 is 0 Å². The Morgan fingerprint density at radius 3 is 2.71 bits per heavy atom. The van der Waals surface area contributed by atoms with Gasteiger partial charge in [-0.3, -0.25) is 4.98 Å². The van der Waals surface area contributed by atoms with Crippen LogP contribution in [0.5, 0.6) is 0 Å². The third-order valence-corrected chi connectivity index (χ3v) is 3.21. The van der Waals surface area contributed by atoms with Gasteiger partial charge in [-0.25, -0.2) is 0 Å². The summed E-state index contributed by atoms with van der Waals surface area (Å²) in [6.45, 7) is 0. The van der Waals surface area contributed by atoms with Crippen molar-refractivity contribution in [3.05, 3.63) is 53.9 Å². The molecule has 0 atom stereocenters. The van der Waals surface area contributed by atoms with Gasteiger partial charge in [-0.15, -0.1) is 0 Å². The van der Waals surface area contributed by atoms with E-state index in [2.05, 4.69) is 17.1 Å². The molecule has 0 N–H and O–H groups in total. The number of hydrogen-bond acceptors (Lipinski definition) is 2. The summed E-state index contributed by atoms with van der Waals surface area (Å²) in [5.74, 6) is 0.666. The lowest BCUT2D eigenvalue weighted by molar-refractivity contribution is 1.11. The Kier molecular flexibility index (Phi) is 2.38. The normalized spacial score (nSPS) is 14.3. The lowest BCUT2D eigenvalue weighted by Crippen LogP contribution is -1.91. The topological polar surface area (TPSA) is 36.7 Å². The van der Waals surface area contributed by atoms with E-state index < -0.39 is 0 Å². The molecule has 0 saturated heterocycles. The summed E-state index contributed by atoms with van der Waals surface area (Å²) in [4.78, 5) is 4.20.